The zero-order valence-electron chi connectivity index (χ0n) is 29.1. The van der Waals surface area contributed by atoms with E-state index >= 15 is 0 Å². The summed E-state index contributed by atoms with van der Waals surface area (Å²) in [6, 6.07) is 0. The molecule has 0 bridgehead atoms. The second-order valence-electron chi connectivity index (χ2n) is 15.7. The number of ketones is 1. The Balaban J connectivity index is 1.63. The maximum absolute atomic E-state index is 14.0. The standard InChI is InChI=1S/C36H56O9/c1-18(2)19(3)33(44-23(7)39)34(45-24(8)40)20(4)26-11-12-27-25-15-30(41)29-16-31(42-21(5)37)32(43-22(6)38)17-36(29,10)28(25)13-14-35(26,27)9/h18-20,25-29,31-34H,11-17H2,1-10H3/t19-,20+,25-,26+,27-,28-,29+,31-,32+,33+,34+,35+,36+/m0/s1. The van der Waals surface area contributed by atoms with Crippen LogP contribution in [0.15, 0.2) is 0 Å². The van der Waals surface area contributed by atoms with Gasteiger partial charge in [-0.25, -0.2) is 0 Å². The first-order valence-electron chi connectivity index (χ1n) is 17.1. The highest BCUT2D eigenvalue weighted by Crippen LogP contribution is 2.68. The molecule has 4 fully saturated rings. The van der Waals surface area contributed by atoms with Crippen LogP contribution in [0.25, 0.3) is 0 Å². The highest BCUT2D eigenvalue weighted by atomic mass is 16.6. The van der Waals surface area contributed by atoms with Crippen molar-refractivity contribution in [2.75, 3.05) is 0 Å². The lowest BCUT2D eigenvalue weighted by molar-refractivity contribution is -0.197. The van der Waals surface area contributed by atoms with Crippen LogP contribution in [0.3, 0.4) is 0 Å². The number of Topliss-reactive ketones (excluding diaryl/α,β-unsaturated/α-hetero) is 1. The van der Waals surface area contributed by atoms with Gasteiger partial charge in [-0.05, 0) is 84.9 Å². The van der Waals surface area contributed by atoms with E-state index < -0.39 is 36.4 Å². The number of carbonyl (C=O) groups excluding carboxylic acids is 5. The van der Waals surface area contributed by atoms with Crippen LogP contribution in [-0.2, 0) is 42.9 Å². The molecule has 45 heavy (non-hydrogen) atoms. The minimum Gasteiger partial charge on any atom is -0.459 e. The number of hydrogen-bond donors (Lipinski definition) is 0. The molecule has 0 N–H and O–H groups in total. The lowest BCUT2D eigenvalue weighted by Gasteiger charge is -2.61. The Hall–Kier alpha value is -2.45. The average molecular weight is 633 g/mol. The monoisotopic (exact) mass is 632 g/mol. The molecule has 0 radical (unpaired) electrons. The molecule has 4 aliphatic rings. The average Bonchev–Trinajstić information content (AvgIpc) is 3.27. The van der Waals surface area contributed by atoms with Gasteiger partial charge in [-0.3, -0.25) is 24.0 Å². The van der Waals surface area contributed by atoms with Gasteiger partial charge in [0.15, 0.2) is 0 Å². The Labute approximate surface area is 269 Å². The van der Waals surface area contributed by atoms with Crippen LogP contribution in [0.1, 0.15) is 114 Å². The van der Waals surface area contributed by atoms with Crippen LogP contribution in [0.5, 0.6) is 0 Å². The van der Waals surface area contributed by atoms with Gasteiger partial charge in [0.05, 0.1) is 0 Å². The van der Waals surface area contributed by atoms with E-state index in [9.17, 15) is 24.0 Å². The van der Waals surface area contributed by atoms with Crippen molar-refractivity contribution in [3.63, 3.8) is 0 Å². The Morgan fingerprint density at radius 2 is 1.29 bits per heavy atom. The molecule has 0 unspecified atom stereocenters. The Morgan fingerprint density at radius 3 is 1.84 bits per heavy atom. The van der Waals surface area contributed by atoms with Crippen LogP contribution < -0.4 is 0 Å². The molecule has 254 valence electrons. The van der Waals surface area contributed by atoms with Gasteiger partial charge in [0.1, 0.15) is 30.2 Å². The van der Waals surface area contributed by atoms with Gasteiger partial charge in [0.2, 0.25) is 0 Å². The molecule has 9 heteroatoms. The van der Waals surface area contributed by atoms with E-state index in [1.807, 2.05) is 0 Å². The number of hydrogen-bond acceptors (Lipinski definition) is 9. The van der Waals surface area contributed by atoms with Crippen molar-refractivity contribution in [2.24, 2.45) is 58.2 Å². The van der Waals surface area contributed by atoms with Crippen LogP contribution >= 0.6 is 0 Å². The van der Waals surface area contributed by atoms with E-state index in [0.717, 1.165) is 25.7 Å². The highest BCUT2D eigenvalue weighted by Gasteiger charge is 2.65. The molecular weight excluding hydrogens is 576 g/mol. The number of esters is 4. The molecule has 0 saturated heterocycles. The fourth-order valence-corrected chi connectivity index (χ4v) is 10.5. The van der Waals surface area contributed by atoms with E-state index in [4.69, 9.17) is 18.9 Å². The van der Waals surface area contributed by atoms with Gasteiger partial charge in [-0.1, -0.05) is 41.5 Å². The summed E-state index contributed by atoms with van der Waals surface area (Å²) >= 11 is 0. The summed E-state index contributed by atoms with van der Waals surface area (Å²) in [5.74, 6) is -0.475. The van der Waals surface area contributed by atoms with E-state index in [0.29, 0.717) is 25.2 Å². The van der Waals surface area contributed by atoms with Gasteiger partial charge < -0.3 is 18.9 Å². The summed E-state index contributed by atoms with van der Waals surface area (Å²) in [6.07, 6.45) is 2.91. The topological polar surface area (TPSA) is 122 Å². The lowest BCUT2D eigenvalue weighted by atomic mass is 9.43. The van der Waals surface area contributed by atoms with Crippen molar-refractivity contribution in [3.05, 3.63) is 0 Å². The van der Waals surface area contributed by atoms with Crippen molar-refractivity contribution in [3.8, 4) is 0 Å². The molecular formula is C36H56O9. The molecule has 13 atom stereocenters. The Kier molecular flexibility index (Phi) is 10.5. The van der Waals surface area contributed by atoms with E-state index in [-0.39, 0.29) is 70.0 Å². The minimum absolute atomic E-state index is 0.0124. The molecule has 0 spiro atoms. The quantitative estimate of drug-likeness (QED) is 0.220. The number of rotatable bonds is 9. The molecule has 9 nitrogen and oxygen atoms in total. The van der Waals surface area contributed by atoms with E-state index in [2.05, 4.69) is 41.5 Å². The highest BCUT2D eigenvalue weighted by molar-refractivity contribution is 5.83. The van der Waals surface area contributed by atoms with E-state index in [1.54, 1.807) is 0 Å². The molecule has 0 aromatic carbocycles. The first-order chi connectivity index (χ1) is 20.9. The normalized spacial score (nSPS) is 38.5. The molecule has 0 heterocycles. The fourth-order valence-electron chi connectivity index (χ4n) is 10.5. The summed E-state index contributed by atoms with van der Waals surface area (Å²) in [6.45, 7) is 18.5. The first-order valence-corrected chi connectivity index (χ1v) is 17.1. The van der Waals surface area contributed by atoms with Crippen molar-refractivity contribution in [1.29, 1.82) is 0 Å². The largest absolute Gasteiger partial charge is 0.459 e. The lowest BCUT2D eigenvalue weighted by Crippen LogP contribution is -2.60. The van der Waals surface area contributed by atoms with Crippen LogP contribution in [0.4, 0.5) is 0 Å². The van der Waals surface area contributed by atoms with Crippen LogP contribution in [0, 0.1) is 58.2 Å². The van der Waals surface area contributed by atoms with Crippen LogP contribution in [-0.4, -0.2) is 54.1 Å². The van der Waals surface area contributed by atoms with Gasteiger partial charge in [0, 0.05) is 46.0 Å². The zero-order valence-corrected chi connectivity index (χ0v) is 29.1. The molecule has 0 aromatic rings. The summed E-state index contributed by atoms with van der Waals surface area (Å²) in [4.78, 5) is 62.6. The predicted octanol–water partition coefficient (Wildman–Crippen LogP) is 6.09. The van der Waals surface area contributed by atoms with Crippen molar-refractivity contribution in [2.45, 2.75) is 139 Å². The smallest absolute Gasteiger partial charge is 0.303 e. The summed E-state index contributed by atoms with van der Waals surface area (Å²) in [5.41, 5.74) is -0.441. The van der Waals surface area contributed by atoms with Gasteiger partial charge in [-0.2, -0.15) is 0 Å². The SMILES string of the molecule is CC(=O)O[C@H]([C@H](C)[C@H]1CC[C@H]2[C@@H]3CC(=O)[C@H]4C[C@H](OC(C)=O)[C@H](OC(C)=O)C[C@]4(C)[C@H]3CC[C@]12C)[C@H](OC(C)=O)[C@@H](C)C(C)C. The molecule has 4 rings (SSSR count). The minimum atomic E-state index is -0.618. The molecule has 4 saturated carbocycles. The number of fused-ring (bicyclic) bond motifs is 5. The second kappa shape index (κ2) is 13.3. The molecule has 0 aromatic heterocycles. The van der Waals surface area contributed by atoms with Gasteiger partial charge >= 0.3 is 23.9 Å². The molecule has 4 aliphatic carbocycles. The summed E-state index contributed by atoms with van der Waals surface area (Å²) in [7, 11) is 0. The summed E-state index contributed by atoms with van der Waals surface area (Å²) < 4.78 is 23.3. The number of carbonyl (C=O) groups is 5. The fraction of sp³-hybridized carbons (Fsp3) is 0.861. The van der Waals surface area contributed by atoms with Crippen molar-refractivity contribution >= 4 is 29.7 Å². The number of ether oxygens (including phenoxy) is 4. The predicted molar refractivity (Wildman–Crippen MR) is 166 cm³/mol. The third kappa shape index (κ3) is 6.83. The Morgan fingerprint density at radius 1 is 0.733 bits per heavy atom. The third-order valence-electron chi connectivity index (χ3n) is 12.8. The summed E-state index contributed by atoms with van der Waals surface area (Å²) in [5, 5.41) is 0. The van der Waals surface area contributed by atoms with Crippen LogP contribution in [0.2, 0.25) is 0 Å². The van der Waals surface area contributed by atoms with E-state index in [1.165, 1.54) is 27.7 Å². The third-order valence-corrected chi connectivity index (χ3v) is 12.8. The zero-order chi connectivity index (χ0) is 33.6. The van der Waals surface area contributed by atoms with Crippen molar-refractivity contribution in [1.82, 2.24) is 0 Å². The first kappa shape index (κ1) is 35.4. The maximum Gasteiger partial charge on any atom is 0.303 e. The molecule has 0 aliphatic heterocycles. The van der Waals surface area contributed by atoms with Gasteiger partial charge in [0.25, 0.3) is 0 Å². The molecule has 0 amide bonds. The van der Waals surface area contributed by atoms with Gasteiger partial charge in [-0.15, -0.1) is 0 Å². The van der Waals surface area contributed by atoms with Crippen molar-refractivity contribution < 1.29 is 42.9 Å². The second-order valence-corrected chi connectivity index (χ2v) is 15.7. The maximum atomic E-state index is 14.0. The Bertz CT molecular complexity index is 1160.